The molecule has 0 aliphatic carbocycles. The van der Waals surface area contributed by atoms with E-state index in [1.807, 2.05) is 42.5 Å². The Morgan fingerprint density at radius 3 is 2.01 bits per heavy atom. The zero-order chi connectivity index (χ0) is 49.1. The van der Waals surface area contributed by atoms with Crippen LogP contribution in [0.1, 0.15) is 82.6 Å². The molecular formula is C65H51FIrN4O-2. The first-order valence-electron chi connectivity index (χ1n) is 24.3. The number of furan rings is 1. The van der Waals surface area contributed by atoms with E-state index >= 15 is 0 Å². The Hall–Kier alpha value is -7.75. The molecule has 3 aromatic heterocycles. The SMILES string of the molecule is CC(C)c1cc(-c2ccc(C(C)(C)C)cc2)cc(C(C)C)c1-n1c(-c2[c-]ccc3c2oc2c4ccccc4ccc32)nc2cc3ccc4ccc(C#N)cc4c3cc21.Fc1c[c-]c(-c2ccccn2)cc1.[Ir]. The van der Waals surface area contributed by atoms with Gasteiger partial charge in [0, 0.05) is 48.6 Å². The molecule has 0 saturated carbocycles. The van der Waals surface area contributed by atoms with Gasteiger partial charge in [0.05, 0.1) is 34.1 Å². The Morgan fingerprint density at radius 1 is 0.639 bits per heavy atom. The molecule has 0 spiro atoms. The molecule has 0 atom stereocenters. The number of nitriles is 1. The summed E-state index contributed by atoms with van der Waals surface area (Å²) in [5, 5.41) is 18.5. The third kappa shape index (κ3) is 8.66. The smallest absolute Gasteiger partial charge is 0.128 e. The molecule has 1 radical (unpaired) electrons. The predicted octanol–water partition coefficient (Wildman–Crippen LogP) is 17.6. The van der Waals surface area contributed by atoms with Crippen molar-refractivity contribution in [3.05, 3.63) is 210 Å². The zero-order valence-electron chi connectivity index (χ0n) is 41.2. The number of benzene rings is 9. The van der Waals surface area contributed by atoms with Gasteiger partial charge in [-0.3, -0.25) is 9.37 Å². The summed E-state index contributed by atoms with van der Waals surface area (Å²) in [5.41, 5.74) is 14.0. The fourth-order valence-corrected chi connectivity index (χ4v) is 9.96. The molecule has 12 aromatic rings. The largest absolute Gasteiger partial charge is 0.500 e. The van der Waals surface area contributed by atoms with Gasteiger partial charge in [-0.15, -0.1) is 48.0 Å². The quantitative estimate of drug-likeness (QED) is 0.123. The van der Waals surface area contributed by atoms with Gasteiger partial charge in [0.1, 0.15) is 5.58 Å². The second-order valence-electron chi connectivity index (χ2n) is 20.1. The van der Waals surface area contributed by atoms with E-state index in [-0.39, 0.29) is 43.2 Å². The maximum absolute atomic E-state index is 12.6. The van der Waals surface area contributed by atoms with E-state index in [1.54, 1.807) is 12.3 Å². The monoisotopic (exact) mass is 1120 g/mol. The summed E-state index contributed by atoms with van der Waals surface area (Å²) in [7, 11) is 0. The summed E-state index contributed by atoms with van der Waals surface area (Å²) >= 11 is 0. The van der Waals surface area contributed by atoms with Crippen molar-refractivity contribution in [2.24, 2.45) is 0 Å². The van der Waals surface area contributed by atoms with Crippen LogP contribution in [0.4, 0.5) is 4.39 Å². The van der Waals surface area contributed by atoms with Gasteiger partial charge in [0.15, 0.2) is 0 Å². The number of pyridine rings is 1. The van der Waals surface area contributed by atoms with E-state index in [9.17, 15) is 9.65 Å². The van der Waals surface area contributed by atoms with E-state index in [4.69, 9.17) is 9.40 Å². The summed E-state index contributed by atoms with van der Waals surface area (Å²) in [5.74, 6) is 0.902. The molecule has 0 amide bonds. The van der Waals surface area contributed by atoms with Crippen molar-refractivity contribution in [3.8, 4) is 45.5 Å². The summed E-state index contributed by atoms with van der Waals surface area (Å²) in [4.78, 5) is 9.66. The first-order chi connectivity index (χ1) is 34.3. The van der Waals surface area contributed by atoms with Crippen LogP contribution in [0.5, 0.6) is 0 Å². The van der Waals surface area contributed by atoms with Crippen LogP contribution in [-0.4, -0.2) is 14.5 Å². The normalized spacial score (nSPS) is 11.7. The van der Waals surface area contributed by atoms with Crippen LogP contribution >= 0.6 is 0 Å². The molecule has 0 bridgehead atoms. The number of hydrogen-bond donors (Lipinski definition) is 0. The Kier molecular flexibility index (Phi) is 12.7. The van der Waals surface area contributed by atoms with Gasteiger partial charge in [-0.05, 0) is 120 Å². The first kappa shape index (κ1) is 47.9. The van der Waals surface area contributed by atoms with Crippen LogP contribution in [0.25, 0.3) is 105 Å². The van der Waals surface area contributed by atoms with Crippen LogP contribution in [0.15, 0.2) is 174 Å². The molecule has 5 nitrogen and oxygen atoms in total. The molecule has 0 unspecified atom stereocenters. The summed E-state index contributed by atoms with van der Waals surface area (Å²) in [6.45, 7) is 15.9. The number of imidazole rings is 1. The Balaban J connectivity index is 0.000000370. The van der Waals surface area contributed by atoms with Gasteiger partial charge in [0.25, 0.3) is 0 Å². The average Bonchev–Trinajstić information content (AvgIpc) is 3.96. The van der Waals surface area contributed by atoms with Gasteiger partial charge in [-0.1, -0.05) is 150 Å². The van der Waals surface area contributed by atoms with E-state index in [2.05, 4.69) is 179 Å². The minimum absolute atomic E-state index is 0. The Labute approximate surface area is 433 Å². The van der Waals surface area contributed by atoms with Crippen LogP contribution in [0.3, 0.4) is 0 Å². The van der Waals surface area contributed by atoms with Crippen molar-refractivity contribution < 1.29 is 28.9 Å². The molecule has 72 heavy (non-hydrogen) atoms. The van der Waals surface area contributed by atoms with Gasteiger partial charge in [0.2, 0.25) is 0 Å². The van der Waals surface area contributed by atoms with E-state index in [0.717, 1.165) is 93.6 Å². The second-order valence-corrected chi connectivity index (χ2v) is 20.1. The Bertz CT molecular complexity index is 4010. The number of halogens is 1. The molecule has 7 heteroatoms. The predicted molar refractivity (Wildman–Crippen MR) is 291 cm³/mol. The minimum Gasteiger partial charge on any atom is -0.500 e. The fraction of sp³-hybridized carbons (Fsp3) is 0.154. The number of fused-ring (bicyclic) bond motifs is 9. The van der Waals surface area contributed by atoms with Gasteiger partial charge < -0.3 is 14.0 Å². The summed E-state index contributed by atoms with van der Waals surface area (Å²) in [6.07, 6.45) is 1.70. The number of aromatic nitrogens is 3. The van der Waals surface area contributed by atoms with Crippen molar-refractivity contribution in [2.75, 3.05) is 0 Å². The average molecular weight is 1120 g/mol. The number of rotatable bonds is 6. The summed E-state index contributed by atoms with van der Waals surface area (Å²) < 4.78 is 21.9. The zero-order valence-corrected chi connectivity index (χ0v) is 43.6. The molecule has 0 aliphatic heterocycles. The van der Waals surface area contributed by atoms with Crippen LogP contribution < -0.4 is 0 Å². The first-order valence-corrected chi connectivity index (χ1v) is 24.3. The molecule has 355 valence electrons. The van der Waals surface area contributed by atoms with Crippen molar-refractivity contribution >= 4 is 65.3 Å². The molecule has 3 heterocycles. The fourth-order valence-electron chi connectivity index (χ4n) is 9.96. The van der Waals surface area contributed by atoms with E-state index in [1.165, 1.54) is 39.9 Å². The molecule has 0 fully saturated rings. The summed E-state index contributed by atoms with van der Waals surface area (Å²) in [6, 6.07) is 64.2. The standard InChI is InChI=1S/C54H44N3O.C11H7FN.Ir/c1-31(2)44-26-38(34-19-22-39(23-20-34)54(5,6)7)27-45(32(3)4)50(44)57-49-29-47-37(18-17-36-16-15-33(30-55)25-46(36)47)28-48(49)56-53(57)43-14-10-13-41-42-24-21-35-11-8-9-12-40(35)51(42)58-52(41)43;12-10-6-4-9(5-7-10)11-3-1-2-8-13-11;/h8-13,15-29,31-32H,1-7H3;1-4,6-8H;/q2*-1;. The number of nitrogens with zero attached hydrogens (tertiary/aromatic N) is 4. The third-order valence-corrected chi connectivity index (χ3v) is 13.7. The van der Waals surface area contributed by atoms with Gasteiger partial charge in [-0.2, -0.15) is 5.26 Å². The van der Waals surface area contributed by atoms with Crippen LogP contribution in [-0.2, 0) is 25.5 Å². The Morgan fingerprint density at radius 2 is 1.32 bits per heavy atom. The van der Waals surface area contributed by atoms with Crippen molar-refractivity contribution in [1.29, 1.82) is 5.26 Å². The molecule has 9 aromatic carbocycles. The molecule has 0 aliphatic rings. The van der Waals surface area contributed by atoms with E-state index < -0.39 is 0 Å². The van der Waals surface area contributed by atoms with E-state index in [0.29, 0.717) is 5.56 Å². The van der Waals surface area contributed by atoms with Crippen LogP contribution in [0, 0.1) is 29.3 Å². The second kappa shape index (κ2) is 19.1. The minimum atomic E-state index is -0.278. The maximum Gasteiger partial charge on any atom is 0.128 e. The van der Waals surface area contributed by atoms with Crippen molar-refractivity contribution in [1.82, 2.24) is 14.5 Å². The topological polar surface area (TPSA) is 67.6 Å². The van der Waals surface area contributed by atoms with Gasteiger partial charge in [-0.25, -0.2) is 0 Å². The van der Waals surface area contributed by atoms with Crippen molar-refractivity contribution in [2.45, 2.75) is 65.7 Å². The van der Waals surface area contributed by atoms with Crippen molar-refractivity contribution in [3.63, 3.8) is 0 Å². The number of hydrogen-bond acceptors (Lipinski definition) is 4. The molecular weight excluding hydrogens is 1060 g/mol. The third-order valence-electron chi connectivity index (χ3n) is 13.7. The molecule has 0 saturated heterocycles. The molecule has 12 rings (SSSR count). The van der Waals surface area contributed by atoms with Gasteiger partial charge >= 0.3 is 0 Å². The van der Waals surface area contributed by atoms with Crippen LogP contribution in [0.2, 0.25) is 0 Å². The molecule has 0 N–H and O–H groups in total. The maximum atomic E-state index is 12.6.